The number of halogens is 1. The molecule has 0 aliphatic carbocycles. The van der Waals surface area contributed by atoms with Crippen LogP contribution in [0.2, 0.25) is 0 Å². The first-order valence-electron chi connectivity index (χ1n) is 7.33. The summed E-state index contributed by atoms with van der Waals surface area (Å²) in [5.74, 6) is 0.253. The molecule has 1 rings (SSSR count). The van der Waals surface area contributed by atoms with Gasteiger partial charge in [0, 0.05) is 0 Å². The summed E-state index contributed by atoms with van der Waals surface area (Å²) in [6.07, 6.45) is 5.34. The molecule has 5 nitrogen and oxygen atoms in total. The van der Waals surface area contributed by atoms with E-state index in [1.807, 2.05) is 0 Å². The third-order valence-electron chi connectivity index (χ3n) is 3.33. The Morgan fingerprint density at radius 1 is 1.33 bits per heavy atom. The van der Waals surface area contributed by atoms with E-state index in [0.717, 1.165) is 25.1 Å². The number of hydrogen-bond donors (Lipinski definition) is 0. The van der Waals surface area contributed by atoms with Gasteiger partial charge in [-0.1, -0.05) is 40.0 Å². The maximum absolute atomic E-state index is 13.5. The monoisotopic (exact) mass is 298 g/mol. The summed E-state index contributed by atoms with van der Waals surface area (Å²) >= 11 is 0. The normalized spacial score (nSPS) is 12.4. The van der Waals surface area contributed by atoms with Crippen molar-refractivity contribution >= 4 is 5.69 Å². The van der Waals surface area contributed by atoms with Gasteiger partial charge in [-0.25, -0.2) is 9.37 Å². The van der Waals surface area contributed by atoms with Crippen LogP contribution in [-0.2, 0) is 0 Å². The second kappa shape index (κ2) is 8.54. The minimum absolute atomic E-state index is 0.171. The van der Waals surface area contributed by atoms with Gasteiger partial charge in [0.05, 0.1) is 17.6 Å². The standard InChI is InChI=1S/C15H23FN2O3/c1-11(2)5-4-6-12(3)7-8-21-15-14(16)9-13(10-17-15)18(19)20/h9-12H,4-8H2,1-3H3. The van der Waals surface area contributed by atoms with Crippen LogP contribution in [0.15, 0.2) is 12.3 Å². The molecule has 0 spiro atoms. The molecular weight excluding hydrogens is 275 g/mol. The van der Waals surface area contributed by atoms with Crippen LogP contribution in [0.25, 0.3) is 0 Å². The van der Waals surface area contributed by atoms with Gasteiger partial charge < -0.3 is 4.74 Å². The van der Waals surface area contributed by atoms with Crippen molar-refractivity contribution in [1.29, 1.82) is 0 Å². The highest BCUT2D eigenvalue weighted by Gasteiger charge is 2.13. The van der Waals surface area contributed by atoms with E-state index in [2.05, 4.69) is 25.8 Å². The molecule has 6 heteroatoms. The van der Waals surface area contributed by atoms with Crippen LogP contribution in [-0.4, -0.2) is 16.5 Å². The summed E-state index contributed by atoms with van der Waals surface area (Å²) in [6, 6.07) is 0.828. The molecule has 1 heterocycles. The molecule has 0 aliphatic rings. The maximum atomic E-state index is 13.5. The van der Waals surface area contributed by atoms with Gasteiger partial charge in [-0.2, -0.15) is 0 Å². The second-order valence-corrected chi connectivity index (χ2v) is 5.80. The SMILES string of the molecule is CC(C)CCCC(C)CCOc1ncc([N+](=O)[O-])cc1F. The quantitative estimate of drug-likeness (QED) is 0.502. The Kier molecular flexibility index (Phi) is 7.05. The lowest BCUT2D eigenvalue weighted by atomic mass is 9.98. The van der Waals surface area contributed by atoms with E-state index in [-0.39, 0.29) is 11.6 Å². The zero-order chi connectivity index (χ0) is 15.8. The van der Waals surface area contributed by atoms with Crippen LogP contribution in [0.1, 0.15) is 46.5 Å². The number of rotatable bonds is 9. The molecule has 0 bridgehead atoms. The molecule has 0 N–H and O–H groups in total. The van der Waals surface area contributed by atoms with Crippen LogP contribution >= 0.6 is 0 Å². The molecule has 0 radical (unpaired) electrons. The smallest absolute Gasteiger partial charge is 0.290 e. The van der Waals surface area contributed by atoms with E-state index in [4.69, 9.17) is 4.74 Å². The lowest BCUT2D eigenvalue weighted by molar-refractivity contribution is -0.385. The van der Waals surface area contributed by atoms with Crippen molar-refractivity contribution in [2.75, 3.05) is 6.61 Å². The fourth-order valence-electron chi connectivity index (χ4n) is 2.00. The highest BCUT2D eigenvalue weighted by Crippen LogP contribution is 2.20. The summed E-state index contributed by atoms with van der Waals surface area (Å²) in [5, 5.41) is 10.5. The van der Waals surface area contributed by atoms with Crippen LogP contribution in [0, 0.1) is 27.8 Å². The van der Waals surface area contributed by atoms with Crippen LogP contribution < -0.4 is 4.74 Å². The Bertz CT molecular complexity index is 466. The van der Waals surface area contributed by atoms with E-state index >= 15 is 0 Å². The molecule has 0 saturated carbocycles. The minimum atomic E-state index is -0.795. The van der Waals surface area contributed by atoms with E-state index < -0.39 is 10.7 Å². The molecule has 0 amide bonds. The largest absolute Gasteiger partial charge is 0.476 e. The van der Waals surface area contributed by atoms with Crippen molar-refractivity contribution < 1.29 is 14.1 Å². The fourth-order valence-corrected chi connectivity index (χ4v) is 2.00. The molecule has 0 fully saturated rings. The van der Waals surface area contributed by atoms with E-state index in [1.165, 1.54) is 12.8 Å². The Morgan fingerprint density at radius 3 is 2.62 bits per heavy atom. The Labute approximate surface area is 124 Å². The molecule has 118 valence electrons. The third-order valence-corrected chi connectivity index (χ3v) is 3.33. The van der Waals surface area contributed by atoms with E-state index in [0.29, 0.717) is 18.4 Å². The predicted octanol–water partition coefficient (Wildman–Crippen LogP) is 4.36. The maximum Gasteiger partial charge on any atom is 0.290 e. The molecule has 0 saturated heterocycles. The molecule has 1 aromatic heterocycles. The number of nitrogens with zero attached hydrogens (tertiary/aromatic N) is 2. The van der Waals surface area contributed by atoms with Gasteiger partial charge in [-0.3, -0.25) is 10.1 Å². The van der Waals surface area contributed by atoms with Gasteiger partial charge in [-0.05, 0) is 18.3 Å². The van der Waals surface area contributed by atoms with Crippen molar-refractivity contribution in [3.8, 4) is 5.88 Å². The van der Waals surface area contributed by atoms with Gasteiger partial charge in [0.25, 0.3) is 11.6 Å². The van der Waals surface area contributed by atoms with Crippen molar-refractivity contribution in [3.05, 3.63) is 28.2 Å². The Morgan fingerprint density at radius 2 is 2.05 bits per heavy atom. The van der Waals surface area contributed by atoms with Crippen molar-refractivity contribution in [1.82, 2.24) is 4.98 Å². The molecule has 21 heavy (non-hydrogen) atoms. The summed E-state index contributed by atoms with van der Waals surface area (Å²) < 4.78 is 18.8. The first-order chi connectivity index (χ1) is 9.90. The number of ether oxygens (including phenoxy) is 1. The van der Waals surface area contributed by atoms with Gasteiger partial charge in [-0.15, -0.1) is 0 Å². The van der Waals surface area contributed by atoms with Gasteiger partial charge in [0.15, 0.2) is 5.82 Å². The van der Waals surface area contributed by atoms with Crippen molar-refractivity contribution in [3.63, 3.8) is 0 Å². The van der Waals surface area contributed by atoms with E-state index in [9.17, 15) is 14.5 Å². The number of aromatic nitrogens is 1. The van der Waals surface area contributed by atoms with E-state index in [1.54, 1.807) is 0 Å². The Hall–Kier alpha value is -1.72. The molecule has 0 aromatic carbocycles. The summed E-state index contributed by atoms with van der Waals surface area (Å²) in [7, 11) is 0. The average Bonchev–Trinajstić information content (AvgIpc) is 2.40. The fraction of sp³-hybridized carbons (Fsp3) is 0.667. The Balaban J connectivity index is 2.33. The summed E-state index contributed by atoms with van der Waals surface area (Å²) in [5.41, 5.74) is -0.373. The summed E-state index contributed by atoms with van der Waals surface area (Å²) in [4.78, 5) is 13.4. The number of pyridine rings is 1. The second-order valence-electron chi connectivity index (χ2n) is 5.80. The predicted molar refractivity (Wildman–Crippen MR) is 78.8 cm³/mol. The zero-order valence-electron chi connectivity index (χ0n) is 12.8. The van der Waals surface area contributed by atoms with Crippen LogP contribution in [0.5, 0.6) is 5.88 Å². The highest BCUT2D eigenvalue weighted by atomic mass is 19.1. The van der Waals surface area contributed by atoms with Gasteiger partial charge >= 0.3 is 0 Å². The van der Waals surface area contributed by atoms with Gasteiger partial charge in [0.1, 0.15) is 6.20 Å². The van der Waals surface area contributed by atoms with Gasteiger partial charge in [0.2, 0.25) is 0 Å². The van der Waals surface area contributed by atoms with Crippen molar-refractivity contribution in [2.45, 2.75) is 46.5 Å². The minimum Gasteiger partial charge on any atom is -0.476 e. The van der Waals surface area contributed by atoms with Crippen LogP contribution in [0.4, 0.5) is 10.1 Å². The highest BCUT2D eigenvalue weighted by molar-refractivity contribution is 5.30. The topological polar surface area (TPSA) is 65.3 Å². The molecule has 0 aliphatic heterocycles. The molecule has 1 aromatic rings. The number of hydrogen-bond acceptors (Lipinski definition) is 4. The lowest BCUT2D eigenvalue weighted by Gasteiger charge is -2.12. The van der Waals surface area contributed by atoms with Crippen molar-refractivity contribution in [2.24, 2.45) is 11.8 Å². The molecular formula is C15H23FN2O3. The average molecular weight is 298 g/mol. The lowest BCUT2D eigenvalue weighted by Crippen LogP contribution is -2.07. The first kappa shape index (κ1) is 17.3. The third kappa shape index (κ3) is 6.51. The zero-order valence-corrected chi connectivity index (χ0v) is 12.8. The molecule has 1 atom stereocenters. The summed E-state index contributed by atoms with van der Waals surface area (Å²) in [6.45, 7) is 6.92. The number of nitro groups is 1. The van der Waals surface area contributed by atoms with Crippen LogP contribution in [0.3, 0.4) is 0 Å². The molecule has 1 unspecified atom stereocenters. The first-order valence-corrected chi connectivity index (χ1v) is 7.33.